The minimum Gasteiger partial charge on any atom is -0.481 e. The van der Waals surface area contributed by atoms with Gasteiger partial charge >= 0.3 is 5.97 Å². The highest BCUT2D eigenvalue weighted by Crippen LogP contribution is 2.26. The summed E-state index contributed by atoms with van der Waals surface area (Å²) in [7, 11) is 0. The summed E-state index contributed by atoms with van der Waals surface area (Å²) in [4.78, 5) is 27.5. The maximum atomic E-state index is 12.1. The lowest BCUT2D eigenvalue weighted by Crippen LogP contribution is -2.42. The van der Waals surface area contributed by atoms with Crippen molar-refractivity contribution in [2.45, 2.75) is 26.7 Å². The predicted molar refractivity (Wildman–Crippen MR) is 82.7 cm³/mol. The van der Waals surface area contributed by atoms with E-state index in [-0.39, 0.29) is 12.2 Å². The van der Waals surface area contributed by atoms with E-state index in [9.17, 15) is 14.7 Å². The molecule has 2 aromatic heterocycles. The number of nitrogens with one attached hydrogen (secondary N) is 1. The number of pyridine rings is 1. The number of hydrogen-bond acceptors (Lipinski definition) is 5. The van der Waals surface area contributed by atoms with Crippen molar-refractivity contribution in [3.8, 4) is 11.3 Å². The number of aliphatic carboxylic acids is 1. The van der Waals surface area contributed by atoms with Gasteiger partial charge in [-0.2, -0.15) is 0 Å². The van der Waals surface area contributed by atoms with E-state index in [1.54, 1.807) is 38.4 Å². The van der Waals surface area contributed by atoms with Gasteiger partial charge in [0.05, 0.1) is 5.41 Å². The zero-order valence-corrected chi connectivity index (χ0v) is 13.1. The van der Waals surface area contributed by atoms with Crippen molar-refractivity contribution >= 4 is 11.9 Å². The van der Waals surface area contributed by atoms with Crippen molar-refractivity contribution in [3.05, 3.63) is 36.3 Å². The van der Waals surface area contributed by atoms with E-state index in [0.717, 1.165) is 0 Å². The number of carbonyl (C=O) groups is 2. The molecule has 7 nitrogen and oxygen atoms in total. The Bertz CT molecular complexity index is 678. The van der Waals surface area contributed by atoms with Gasteiger partial charge in [-0.1, -0.05) is 19.0 Å². The van der Waals surface area contributed by atoms with Gasteiger partial charge in [-0.3, -0.25) is 14.6 Å². The maximum absolute atomic E-state index is 12.1. The lowest BCUT2D eigenvalue weighted by Gasteiger charge is -2.26. The lowest BCUT2D eigenvalue weighted by molar-refractivity contribution is -0.149. The zero-order chi connectivity index (χ0) is 16.9. The second kappa shape index (κ2) is 7.04. The standard InChI is InChI=1S/C16H19N3O4/c1-3-16(4-2,15(21)22)10-18-14(20)12-8-13(23-19-12)11-6-5-7-17-9-11/h5-9H,3-4,10H2,1-2H3,(H,18,20)(H,21,22). The number of carboxylic acid groups (broad SMARTS) is 1. The van der Waals surface area contributed by atoms with Crippen LogP contribution in [0.4, 0.5) is 0 Å². The van der Waals surface area contributed by atoms with Gasteiger partial charge in [0.1, 0.15) is 0 Å². The highest BCUT2D eigenvalue weighted by molar-refractivity contribution is 5.93. The van der Waals surface area contributed by atoms with Crippen LogP contribution in [-0.4, -0.2) is 33.7 Å². The molecule has 0 saturated heterocycles. The van der Waals surface area contributed by atoms with Crippen molar-refractivity contribution < 1.29 is 19.2 Å². The van der Waals surface area contributed by atoms with Crippen molar-refractivity contribution in [1.82, 2.24) is 15.5 Å². The quantitative estimate of drug-likeness (QED) is 0.812. The summed E-state index contributed by atoms with van der Waals surface area (Å²) in [5, 5.41) is 15.7. The first-order valence-corrected chi connectivity index (χ1v) is 7.41. The van der Waals surface area contributed by atoms with Gasteiger partial charge in [0.2, 0.25) is 0 Å². The molecule has 0 spiro atoms. The largest absolute Gasteiger partial charge is 0.481 e. The van der Waals surface area contributed by atoms with E-state index >= 15 is 0 Å². The Hall–Kier alpha value is -2.70. The third-order valence-electron chi connectivity index (χ3n) is 4.08. The van der Waals surface area contributed by atoms with Crippen LogP contribution in [0.25, 0.3) is 11.3 Å². The fraction of sp³-hybridized carbons (Fsp3) is 0.375. The Morgan fingerprint density at radius 1 is 1.35 bits per heavy atom. The highest BCUT2D eigenvalue weighted by atomic mass is 16.5. The number of carbonyl (C=O) groups excluding carboxylic acids is 1. The topological polar surface area (TPSA) is 105 Å². The van der Waals surface area contributed by atoms with Gasteiger partial charge in [0.15, 0.2) is 11.5 Å². The number of nitrogens with zero attached hydrogens (tertiary/aromatic N) is 2. The summed E-state index contributed by atoms with van der Waals surface area (Å²) >= 11 is 0. The molecule has 0 unspecified atom stereocenters. The molecule has 0 aliphatic rings. The molecule has 0 bridgehead atoms. The number of hydrogen-bond donors (Lipinski definition) is 2. The molecule has 0 aromatic carbocycles. The maximum Gasteiger partial charge on any atom is 0.311 e. The molecular formula is C16H19N3O4. The Morgan fingerprint density at radius 2 is 2.09 bits per heavy atom. The average molecular weight is 317 g/mol. The molecule has 7 heteroatoms. The smallest absolute Gasteiger partial charge is 0.311 e. The first kappa shape index (κ1) is 16.7. The van der Waals surface area contributed by atoms with Gasteiger partial charge in [0, 0.05) is 30.6 Å². The number of rotatable bonds is 7. The Labute approximate surface area is 133 Å². The minimum absolute atomic E-state index is 0.0449. The fourth-order valence-corrected chi connectivity index (χ4v) is 2.24. The van der Waals surface area contributed by atoms with Crippen LogP contribution in [0.5, 0.6) is 0 Å². The molecule has 0 aliphatic carbocycles. The average Bonchev–Trinajstić information content (AvgIpc) is 3.06. The van der Waals surface area contributed by atoms with E-state index in [0.29, 0.717) is 24.2 Å². The van der Waals surface area contributed by atoms with Gasteiger partial charge in [-0.05, 0) is 25.0 Å². The van der Waals surface area contributed by atoms with E-state index in [4.69, 9.17) is 4.52 Å². The highest BCUT2D eigenvalue weighted by Gasteiger charge is 2.35. The molecule has 122 valence electrons. The van der Waals surface area contributed by atoms with Crippen LogP contribution in [0, 0.1) is 5.41 Å². The van der Waals surface area contributed by atoms with Crippen molar-refractivity contribution in [3.63, 3.8) is 0 Å². The van der Waals surface area contributed by atoms with Crippen molar-refractivity contribution in [1.29, 1.82) is 0 Å². The van der Waals surface area contributed by atoms with E-state index in [1.165, 1.54) is 6.07 Å². The molecule has 2 aromatic rings. The van der Waals surface area contributed by atoms with Crippen LogP contribution >= 0.6 is 0 Å². The monoisotopic (exact) mass is 317 g/mol. The third-order valence-corrected chi connectivity index (χ3v) is 4.08. The van der Waals surface area contributed by atoms with Crippen molar-refractivity contribution in [2.24, 2.45) is 5.41 Å². The summed E-state index contributed by atoms with van der Waals surface area (Å²) in [6.45, 7) is 3.63. The van der Waals surface area contributed by atoms with Gasteiger partial charge in [0.25, 0.3) is 5.91 Å². The van der Waals surface area contributed by atoms with Gasteiger partial charge < -0.3 is 14.9 Å². The van der Waals surface area contributed by atoms with Gasteiger partial charge in [-0.25, -0.2) is 0 Å². The van der Waals surface area contributed by atoms with E-state index < -0.39 is 17.3 Å². The Balaban J connectivity index is 2.07. The minimum atomic E-state index is -0.967. The predicted octanol–water partition coefficient (Wildman–Crippen LogP) is 2.36. The van der Waals surface area contributed by atoms with Crippen LogP contribution in [0.1, 0.15) is 37.2 Å². The first-order chi connectivity index (χ1) is 11.0. The molecule has 23 heavy (non-hydrogen) atoms. The molecule has 0 aliphatic heterocycles. The Morgan fingerprint density at radius 3 is 2.65 bits per heavy atom. The molecule has 0 radical (unpaired) electrons. The molecule has 2 N–H and O–H groups in total. The lowest BCUT2D eigenvalue weighted by atomic mass is 9.82. The molecule has 1 amide bonds. The SMILES string of the molecule is CCC(CC)(CNC(=O)c1cc(-c2cccnc2)on1)C(=O)O. The van der Waals surface area contributed by atoms with Crippen LogP contribution in [-0.2, 0) is 4.79 Å². The summed E-state index contributed by atoms with van der Waals surface area (Å²) in [5.41, 5.74) is -0.151. The number of amides is 1. The van der Waals surface area contributed by atoms with E-state index in [1.807, 2.05) is 0 Å². The zero-order valence-electron chi connectivity index (χ0n) is 13.1. The number of aromatic nitrogens is 2. The first-order valence-electron chi connectivity index (χ1n) is 7.41. The summed E-state index contributed by atoms with van der Waals surface area (Å²) in [6, 6.07) is 5.05. The molecule has 0 atom stereocenters. The molecular weight excluding hydrogens is 298 g/mol. The van der Waals surface area contributed by atoms with Crippen LogP contribution in [0.15, 0.2) is 35.1 Å². The molecule has 2 heterocycles. The van der Waals surface area contributed by atoms with Gasteiger partial charge in [-0.15, -0.1) is 0 Å². The Kier molecular flexibility index (Phi) is 5.10. The van der Waals surface area contributed by atoms with Crippen molar-refractivity contribution in [2.75, 3.05) is 6.54 Å². The second-order valence-corrected chi connectivity index (χ2v) is 5.29. The molecule has 0 fully saturated rings. The molecule has 0 saturated carbocycles. The summed E-state index contributed by atoms with van der Waals surface area (Å²) < 4.78 is 5.14. The normalized spacial score (nSPS) is 11.2. The fourth-order valence-electron chi connectivity index (χ4n) is 2.24. The van der Waals surface area contributed by atoms with E-state index in [2.05, 4.69) is 15.5 Å². The summed E-state index contributed by atoms with van der Waals surface area (Å²) in [6.07, 6.45) is 4.10. The van der Waals surface area contributed by atoms with Crippen LogP contribution in [0.2, 0.25) is 0 Å². The van der Waals surface area contributed by atoms with Crippen LogP contribution in [0.3, 0.4) is 0 Å². The third kappa shape index (κ3) is 3.56. The number of carboxylic acids is 1. The summed E-state index contributed by atoms with van der Waals surface area (Å²) in [5.74, 6) is -0.950. The van der Waals surface area contributed by atoms with Crippen LogP contribution < -0.4 is 5.32 Å². The molecule has 2 rings (SSSR count). The second-order valence-electron chi connectivity index (χ2n) is 5.29.